The fraction of sp³-hybridized carbons (Fsp3) is 0.516. The lowest BCUT2D eigenvalue weighted by molar-refractivity contribution is -0.127. The number of carbonyl (C=O) groups is 5. The fourth-order valence-corrected chi connectivity index (χ4v) is 12.5. The smallest absolute Gasteiger partial charge is 0.339 e. The van der Waals surface area contributed by atoms with Crippen LogP contribution >= 0.6 is 0 Å². The molecule has 0 aliphatic carbocycles. The average Bonchev–Trinajstić information content (AvgIpc) is 0.812. The Hall–Kier alpha value is -8.10. The molecule has 10 aliphatic heterocycles. The predicted molar refractivity (Wildman–Crippen MR) is 316 cm³/mol. The van der Waals surface area contributed by atoms with E-state index < -0.39 is 29.8 Å². The third-order valence-corrected chi connectivity index (χ3v) is 17.8. The Bertz CT molecular complexity index is 3400. The molecule has 0 atom stereocenters. The highest BCUT2D eigenvalue weighted by Crippen LogP contribution is 2.45. The molecule has 5 N–H and O–H groups in total. The van der Waals surface area contributed by atoms with E-state index in [1.54, 1.807) is 54.9 Å². The number of pyridine rings is 5. The second kappa shape index (κ2) is 23.5. The molecular formula is C62H74N10O15. The van der Waals surface area contributed by atoms with E-state index in [0.717, 1.165) is 172 Å². The number of aromatic nitrogens is 5. The van der Waals surface area contributed by atoms with Gasteiger partial charge in [0.25, 0.3) is 0 Å². The van der Waals surface area contributed by atoms with E-state index in [2.05, 4.69) is 24.9 Å². The van der Waals surface area contributed by atoms with Crippen molar-refractivity contribution in [2.24, 2.45) is 27.1 Å². The van der Waals surface area contributed by atoms with Gasteiger partial charge in [0.05, 0.1) is 93.1 Å². The predicted octanol–water partition coefficient (Wildman–Crippen LogP) is 5.19. The Morgan fingerprint density at radius 1 is 0.402 bits per heavy atom. The Morgan fingerprint density at radius 3 is 1.01 bits per heavy atom. The fourth-order valence-electron chi connectivity index (χ4n) is 12.5. The molecule has 15 heterocycles. The van der Waals surface area contributed by atoms with Crippen molar-refractivity contribution >= 4 is 58.9 Å². The number of carboxylic acid groups (broad SMARTS) is 5. The monoisotopic (exact) mass is 1200 g/mol. The van der Waals surface area contributed by atoms with Gasteiger partial charge in [-0.25, -0.2) is 48.9 Å². The summed E-state index contributed by atoms with van der Waals surface area (Å²) in [7, 11) is 0. The molecule has 10 saturated heterocycles. The number of nitrogens with zero attached hydrogens (tertiary/aromatic N) is 10. The first-order valence-corrected chi connectivity index (χ1v) is 29.1. The van der Waals surface area contributed by atoms with Gasteiger partial charge >= 0.3 is 29.8 Å². The number of ether oxygens (including phenoxy) is 5. The van der Waals surface area contributed by atoms with Crippen molar-refractivity contribution in [3.63, 3.8) is 0 Å². The van der Waals surface area contributed by atoms with Crippen LogP contribution in [-0.2, 0) is 30.1 Å². The number of carboxylic acids is 5. The van der Waals surface area contributed by atoms with Gasteiger partial charge < -0.3 is 73.7 Å². The Kier molecular flexibility index (Phi) is 16.4. The molecule has 0 unspecified atom stereocenters. The average molecular weight is 1200 g/mol. The van der Waals surface area contributed by atoms with E-state index in [-0.39, 0.29) is 38.2 Å². The summed E-state index contributed by atoms with van der Waals surface area (Å²) in [6.45, 7) is 27.8. The minimum Gasteiger partial charge on any atom is -0.478 e. The molecule has 10 aliphatic rings. The van der Waals surface area contributed by atoms with E-state index in [4.69, 9.17) is 39.0 Å². The zero-order valence-electron chi connectivity index (χ0n) is 49.8. The number of rotatable bonds is 11. The van der Waals surface area contributed by atoms with Gasteiger partial charge in [0.2, 0.25) is 0 Å². The summed E-state index contributed by atoms with van der Waals surface area (Å²) in [5.41, 5.74) is 8.11. The zero-order valence-corrected chi connectivity index (χ0v) is 49.8. The van der Waals surface area contributed by atoms with Crippen LogP contribution in [0.1, 0.15) is 92.5 Å². The SMILES string of the molecule is CCc1cnc(N2CC3(COC3)C2)c(C(=O)O)c1.Cc1cc(C(=O)O)c(N2CC3(COC3)C2)nc1C.Cc1ccc(C(=O)O)c(N2CC3(COC3)C2)n1.Cc1ccc(C(=O)O)c(N2CC3(COC3)C2)n1.Cc1cnc(N2CC3(COC3)C2)c(C(=O)O)c1. The van der Waals surface area contributed by atoms with Crippen molar-refractivity contribution in [2.45, 2.75) is 48.0 Å². The molecule has 0 saturated carbocycles. The van der Waals surface area contributed by atoms with Crippen LogP contribution in [0.25, 0.3) is 0 Å². The van der Waals surface area contributed by atoms with Gasteiger partial charge in [0.1, 0.15) is 56.9 Å². The minimum absolute atomic E-state index is 0.260. The lowest BCUT2D eigenvalue weighted by Gasteiger charge is -2.55. The maximum atomic E-state index is 11.3. The van der Waals surface area contributed by atoms with Crippen LogP contribution in [0.2, 0.25) is 0 Å². The highest BCUT2D eigenvalue weighted by molar-refractivity contribution is 5.96. The van der Waals surface area contributed by atoms with Crippen LogP contribution in [0, 0.1) is 61.7 Å². The van der Waals surface area contributed by atoms with Crippen LogP contribution in [0.3, 0.4) is 0 Å². The molecule has 87 heavy (non-hydrogen) atoms. The summed E-state index contributed by atoms with van der Waals surface area (Å²) in [6, 6.07) is 11.8. The summed E-state index contributed by atoms with van der Waals surface area (Å²) in [5.74, 6) is -1.60. The molecule has 5 aromatic rings. The number of anilines is 5. The molecule has 5 aromatic heterocycles. The van der Waals surface area contributed by atoms with Crippen molar-refractivity contribution < 1.29 is 73.2 Å². The molecule has 0 bridgehead atoms. The van der Waals surface area contributed by atoms with E-state index in [1.807, 2.05) is 66.0 Å². The maximum Gasteiger partial charge on any atom is 0.339 e. The molecule has 0 amide bonds. The second-order valence-corrected chi connectivity index (χ2v) is 25.6. The Labute approximate surface area is 502 Å². The molecule has 5 spiro atoms. The molecule has 10 fully saturated rings. The van der Waals surface area contributed by atoms with Crippen LogP contribution in [0.4, 0.5) is 29.1 Å². The molecule has 0 aromatic carbocycles. The molecule has 462 valence electrons. The molecular weight excluding hydrogens is 1120 g/mol. The van der Waals surface area contributed by atoms with Crippen molar-refractivity contribution in [1.82, 2.24) is 24.9 Å². The molecule has 0 radical (unpaired) electrons. The van der Waals surface area contributed by atoms with Crippen LogP contribution < -0.4 is 24.5 Å². The van der Waals surface area contributed by atoms with Gasteiger partial charge in [-0.15, -0.1) is 0 Å². The molecule has 15 rings (SSSR count). The Balaban J connectivity index is 0.000000113. The summed E-state index contributed by atoms with van der Waals surface area (Å²) in [4.78, 5) is 87.9. The standard InChI is InChI=1S/2C13H16N2O3.3C12H14N2O3/c1-8-3-10(12(16)17)11(14-9(8)2)15-4-13(5-15)6-18-7-13;1-2-9-3-10(12(16)17)11(14-4-9)15-5-13(6-15)7-18-8-13;1-8-2-9(11(15)16)10(13-3-8)14-4-12(5-14)6-17-7-12;2*1-8-2-3-9(11(15)16)10(13-8)14-4-12(5-14)6-17-7-12/h3H,4-7H2,1-2H3,(H,16,17);3-4H,2,5-8H2,1H3,(H,16,17);3*2-3H,4-7H2,1H3,(H,15,16). The molecule has 25 nitrogen and oxygen atoms in total. The lowest BCUT2D eigenvalue weighted by Crippen LogP contribution is -2.66. The summed E-state index contributed by atoms with van der Waals surface area (Å²) in [5, 5.41) is 46.0. The van der Waals surface area contributed by atoms with E-state index >= 15 is 0 Å². The third-order valence-electron chi connectivity index (χ3n) is 17.8. The van der Waals surface area contributed by atoms with Crippen molar-refractivity contribution in [2.75, 3.05) is 156 Å². The van der Waals surface area contributed by atoms with Gasteiger partial charge in [-0.3, -0.25) is 0 Å². The van der Waals surface area contributed by atoms with E-state index in [0.29, 0.717) is 45.8 Å². The van der Waals surface area contributed by atoms with Gasteiger partial charge in [-0.2, -0.15) is 0 Å². The van der Waals surface area contributed by atoms with Crippen LogP contribution in [0.5, 0.6) is 0 Å². The summed E-state index contributed by atoms with van der Waals surface area (Å²) < 4.78 is 26.0. The lowest BCUT2D eigenvalue weighted by atomic mass is 9.78. The topological polar surface area (TPSA) is 313 Å². The highest BCUT2D eigenvalue weighted by Gasteiger charge is 2.54. The third kappa shape index (κ3) is 12.2. The number of aryl methyl sites for hydroxylation is 6. The number of aromatic carboxylic acids is 5. The van der Waals surface area contributed by atoms with Gasteiger partial charge in [-0.1, -0.05) is 6.92 Å². The van der Waals surface area contributed by atoms with E-state index in [9.17, 15) is 34.2 Å². The summed E-state index contributed by atoms with van der Waals surface area (Å²) >= 11 is 0. The largest absolute Gasteiger partial charge is 0.478 e. The quantitative estimate of drug-likeness (QED) is 0.114. The first kappa shape index (κ1) is 60.6. The van der Waals surface area contributed by atoms with Crippen LogP contribution in [-0.4, -0.2) is 212 Å². The maximum absolute atomic E-state index is 11.3. The highest BCUT2D eigenvalue weighted by atomic mass is 16.5. The number of hydrogen-bond donors (Lipinski definition) is 5. The van der Waals surface area contributed by atoms with Crippen molar-refractivity contribution in [3.8, 4) is 0 Å². The first-order valence-electron chi connectivity index (χ1n) is 29.1. The van der Waals surface area contributed by atoms with Crippen molar-refractivity contribution in [3.05, 3.63) is 116 Å². The van der Waals surface area contributed by atoms with Gasteiger partial charge in [-0.05, 0) is 100 Å². The van der Waals surface area contributed by atoms with Gasteiger partial charge in [0.15, 0.2) is 0 Å². The van der Waals surface area contributed by atoms with Crippen LogP contribution in [0.15, 0.2) is 54.9 Å². The Morgan fingerprint density at radius 2 is 0.701 bits per heavy atom. The van der Waals surface area contributed by atoms with Gasteiger partial charge in [0, 0.05) is 94.9 Å². The summed E-state index contributed by atoms with van der Waals surface area (Å²) in [6.07, 6.45) is 4.28. The first-order chi connectivity index (χ1) is 41.4. The normalized spacial score (nSPS) is 20.7. The number of hydrogen-bond acceptors (Lipinski definition) is 20. The van der Waals surface area contributed by atoms with E-state index in [1.165, 1.54) is 0 Å². The zero-order chi connectivity index (χ0) is 61.8. The minimum atomic E-state index is -0.918. The second-order valence-electron chi connectivity index (χ2n) is 25.6. The van der Waals surface area contributed by atoms with Crippen molar-refractivity contribution in [1.29, 1.82) is 0 Å². The molecule has 25 heteroatoms.